The molecule has 4 nitrogen and oxygen atoms in total. The zero-order valence-electron chi connectivity index (χ0n) is 12.0. The summed E-state index contributed by atoms with van der Waals surface area (Å²) < 4.78 is 5.70. The number of hydrogen-bond acceptors (Lipinski definition) is 4. The normalized spacial score (nSPS) is 26.9. The molecule has 1 fully saturated rings. The lowest BCUT2D eigenvalue weighted by Crippen LogP contribution is -2.30. The van der Waals surface area contributed by atoms with E-state index in [0.717, 1.165) is 12.4 Å². The zero-order chi connectivity index (χ0) is 13.8. The van der Waals surface area contributed by atoms with E-state index in [9.17, 15) is 0 Å². The molecule has 1 aliphatic rings. The second kappa shape index (κ2) is 6.37. The van der Waals surface area contributed by atoms with Crippen LogP contribution in [0.4, 0.5) is 0 Å². The van der Waals surface area contributed by atoms with Gasteiger partial charge in [-0.3, -0.25) is 5.43 Å². The van der Waals surface area contributed by atoms with Gasteiger partial charge in [0, 0.05) is 12.0 Å². The van der Waals surface area contributed by atoms with Gasteiger partial charge in [-0.2, -0.15) is 0 Å². The highest BCUT2D eigenvalue weighted by Gasteiger charge is 2.32. The molecule has 1 heterocycles. The summed E-state index contributed by atoms with van der Waals surface area (Å²) in [7, 11) is 0. The Morgan fingerprint density at radius 3 is 2.47 bits per heavy atom. The van der Waals surface area contributed by atoms with E-state index in [1.807, 2.05) is 12.1 Å². The van der Waals surface area contributed by atoms with Crippen LogP contribution in [0.3, 0.4) is 0 Å². The summed E-state index contributed by atoms with van der Waals surface area (Å²) in [6, 6.07) is 8.99. The SMILES string of the molecule is CC(C)COc1ccc(C2NNC(C)C2CN)cc1. The molecule has 4 N–H and O–H groups in total. The summed E-state index contributed by atoms with van der Waals surface area (Å²) in [5.74, 6) is 1.89. The molecule has 3 atom stereocenters. The van der Waals surface area contributed by atoms with Crippen molar-refractivity contribution in [2.24, 2.45) is 17.6 Å². The highest BCUT2D eigenvalue weighted by Crippen LogP contribution is 2.29. The summed E-state index contributed by atoms with van der Waals surface area (Å²) >= 11 is 0. The van der Waals surface area contributed by atoms with E-state index >= 15 is 0 Å². The lowest BCUT2D eigenvalue weighted by Gasteiger charge is -2.19. The van der Waals surface area contributed by atoms with Gasteiger partial charge < -0.3 is 10.5 Å². The average molecular weight is 263 g/mol. The Balaban J connectivity index is 2.02. The predicted octanol–water partition coefficient (Wildman–Crippen LogP) is 1.83. The van der Waals surface area contributed by atoms with Crippen LogP contribution < -0.4 is 21.3 Å². The van der Waals surface area contributed by atoms with Crippen LogP contribution in [0.25, 0.3) is 0 Å². The van der Waals surface area contributed by atoms with Crippen LogP contribution in [0, 0.1) is 11.8 Å². The third-order valence-electron chi connectivity index (χ3n) is 3.63. The Bertz CT molecular complexity index is 391. The minimum Gasteiger partial charge on any atom is -0.493 e. The second-order valence-electron chi connectivity index (χ2n) is 5.73. The topological polar surface area (TPSA) is 59.3 Å². The van der Waals surface area contributed by atoms with E-state index in [1.54, 1.807) is 0 Å². The van der Waals surface area contributed by atoms with Crippen LogP contribution in [-0.2, 0) is 0 Å². The van der Waals surface area contributed by atoms with E-state index < -0.39 is 0 Å². The Labute approximate surface area is 115 Å². The van der Waals surface area contributed by atoms with Crippen LogP contribution in [0.15, 0.2) is 24.3 Å². The Kier molecular flexibility index (Phi) is 4.80. The van der Waals surface area contributed by atoms with Crippen molar-refractivity contribution < 1.29 is 4.74 Å². The van der Waals surface area contributed by atoms with Crippen LogP contribution >= 0.6 is 0 Å². The monoisotopic (exact) mass is 263 g/mol. The molecular formula is C15H25N3O. The zero-order valence-corrected chi connectivity index (χ0v) is 12.0. The molecule has 0 saturated carbocycles. The van der Waals surface area contributed by atoms with Crippen LogP contribution in [0.2, 0.25) is 0 Å². The fourth-order valence-electron chi connectivity index (χ4n) is 2.43. The van der Waals surface area contributed by atoms with Gasteiger partial charge in [-0.1, -0.05) is 26.0 Å². The summed E-state index contributed by atoms with van der Waals surface area (Å²) in [4.78, 5) is 0. The molecule has 0 amide bonds. The maximum Gasteiger partial charge on any atom is 0.119 e. The Morgan fingerprint density at radius 2 is 1.89 bits per heavy atom. The number of ether oxygens (including phenoxy) is 1. The summed E-state index contributed by atoms with van der Waals surface area (Å²) in [5, 5.41) is 0. The van der Waals surface area contributed by atoms with Crippen molar-refractivity contribution in [3.8, 4) is 5.75 Å². The quantitative estimate of drug-likeness (QED) is 0.758. The van der Waals surface area contributed by atoms with Crippen molar-refractivity contribution in [3.05, 3.63) is 29.8 Å². The molecule has 4 heteroatoms. The molecule has 19 heavy (non-hydrogen) atoms. The van der Waals surface area contributed by atoms with Crippen LogP contribution in [0.1, 0.15) is 32.4 Å². The number of hydrazine groups is 1. The van der Waals surface area contributed by atoms with E-state index in [2.05, 4.69) is 43.8 Å². The molecule has 3 unspecified atom stereocenters. The summed E-state index contributed by atoms with van der Waals surface area (Å²) in [6.45, 7) is 7.89. The van der Waals surface area contributed by atoms with Crippen molar-refractivity contribution in [3.63, 3.8) is 0 Å². The van der Waals surface area contributed by atoms with E-state index in [0.29, 0.717) is 24.4 Å². The third-order valence-corrected chi connectivity index (χ3v) is 3.63. The van der Waals surface area contributed by atoms with Crippen molar-refractivity contribution in [2.75, 3.05) is 13.2 Å². The molecule has 1 aromatic rings. The summed E-state index contributed by atoms with van der Waals surface area (Å²) in [6.07, 6.45) is 0. The lowest BCUT2D eigenvalue weighted by atomic mass is 9.90. The number of nitrogens with one attached hydrogen (secondary N) is 2. The lowest BCUT2D eigenvalue weighted by molar-refractivity contribution is 0.271. The largest absolute Gasteiger partial charge is 0.493 e. The molecule has 2 rings (SSSR count). The van der Waals surface area contributed by atoms with Gasteiger partial charge in [0.15, 0.2) is 0 Å². The molecular weight excluding hydrogens is 238 g/mol. The molecule has 1 saturated heterocycles. The number of benzene rings is 1. The number of nitrogens with two attached hydrogens (primary N) is 1. The van der Waals surface area contributed by atoms with Gasteiger partial charge in [0.05, 0.1) is 12.6 Å². The first-order chi connectivity index (χ1) is 9.11. The standard InChI is InChI=1S/C15H25N3O/c1-10(2)9-19-13-6-4-12(5-7-13)15-14(8-16)11(3)17-18-15/h4-7,10-11,14-15,17-18H,8-9,16H2,1-3H3. The van der Waals surface area contributed by atoms with Gasteiger partial charge in [-0.05, 0) is 37.1 Å². The van der Waals surface area contributed by atoms with Crippen molar-refractivity contribution in [1.29, 1.82) is 0 Å². The predicted molar refractivity (Wildman–Crippen MR) is 77.8 cm³/mol. The average Bonchev–Trinajstić information content (AvgIpc) is 2.78. The Hall–Kier alpha value is -1.10. The smallest absolute Gasteiger partial charge is 0.119 e. The van der Waals surface area contributed by atoms with E-state index in [4.69, 9.17) is 10.5 Å². The van der Waals surface area contributed by atoms with Gasteiger partial charge in [-0.25, -0.2) is 5.43 Å². The highest BCUT2D eigenvalue weighted by molar-refractivity contribution is 5.30. The van der Waals surface area contributed by atoms with Crippen molar-refractivity contribution in [1.82, 2.24) is 10.9 Å². The van der Waals surface area contributed by atoms with Gasteiger partial charge in [-0.15, -0.1) is 0 Å². The van der Waals surface area contributed by atoms with Gasteiger partial charge in [0.2, 0.25) is 0 Å². The molecule has 0 bridgehead atoms. The first-order valence-corrected chi connectivity index (χ1v) is 7.05. The van der Waals surface area contributed by atoms with E-state index in [-0.39, 0.29) is 6.04 Å². The number of rotatable bonds is 5. The van der Waals surface area contributed by atoms with Crippen LogP contribution in [-0.4, -0.2) is 19.2 Å². The minimum atomic E-state index is 0.277. The molecule has 1 aromatic carbocycles. The Morgan fingerprint density at radius 1 is 1.21 bits per heavy atom. The molecule has 0 aromatic heterocycles. The van der Waals surface area contributed by atoms with Crippen LogP contribution in [0.5, 0.6) is 5.75 Å². The summed E-state index contributed by atoms with van der Waals surface area (Å²) in [5.41, 5.74) is 13.7. The second-order valence-corrected chi connectivity index (χ2v) is 5.73. The fraction of sp³-hybridized carbons (Fsp3) is 0.600. The first kappa shape index (κ1) is 14.3. The van der Waals surface area contributed by atoms with Crippen molar-refractivity contribution in [2.45, 2.75) is 32.9 Å². The van der Waals surface area contributed by atoms with E-state index in [1.165, 1.54) is 5.56 Å². The molecule has 106 valence electrons. The minimum absolute atomic E-state index is 0.277. The molecule has 0 radical (unpaired) electrons. The van der Waals surface area contributed by atoms with Gasteiger partial charge in [0.1, 0.15) is 5.75 Å². The first-order valence-electron chi connectivity index (χ1n) is 7.05. The van der Waals surface area contributed by atoms with Crippen molar-refractivity contribution >= 4 is 0 Å². The molecule has 0 spiro atoms. The molecule has 1 aliphatic heterocycles. The third kappa shape index (κ3) is 3.47. The highest BCUT2D eigenvalue weighted by atomic mass is 16.5. The number of hydrogen-bond donors (Lipinski definition) is 3. The molecule has 0 aliphatic carbocycles. The van der Waals surface area contributed by atoms with Gasteiger partial charge >= 0.3 is 0 Å². The van der Waals surface area contributed by atoms with Gasteiger partial charge in [0.25, 0.3) is 0 Å². The fourth-order valence-corrected chi connectivity index (χ4v) is 2.43. The maximum atomic E-state index is 5.86. The maximum absolute atomic E-state index is 5.86.